The van der Waals surface area contributed by atoms with Gasteiger partial charge in [-0.15, -0.1) is 0 Å². The van der Waals surface area contributed by atoms with Crippen molar-refractivity contribution in [2.45, 2.75) is 30.1 Å². The number of aliphatic imine (C=N–C) groups is 1. The number of benzene rings is 2. The van der Waals surface area contributed by atoms with E-state index in [2.05, 4.69) is 11.7 Å². The first-order valence-corrected chi connectivity index (χ1v) is 7.84. The van der Waals surface area contributed by atoms with Crippen molar-refractivity contribution in [1.29, 1.82) is 0 Å². The molecule has 0 unspecified atom stereocenters. The molecule has 6 heteroatoms. The maximum atomic E-state index is 11.8. The van der Waals surface area contributed by atoms with Crippen LogP contribution in [-0.4, -0.2) is 17.5 Å². The molecule has 0 aliphatic heterocycles. The topological polar surface area (TPSA) is 72.6 Å². The van der Waals surface area contributed by atoms with Crippen LogP contribution in [0.2, 0.25) is 0 Å². The van der Waals surface area contributed by atoms with Gasteiger partial charge in [-0.05, 0) is 43.8 Å². The molecule has 5 nitrogen and oxygen atoms in total. The van der Waals surface area contributed by atoms with Crippen molar-refractivity contribution in [2.75, 3.05) is 0 Å². The molecule has 0 heterocycles. The van der Waals surface area contributed by atoms with Gasteiger partial charge in [0.15, 0.2) is 0 Å². The molecule has 0 N–H and O–H groups in total. The molecule has 1 amide bonds. The summed E-state index contributed by atoms with van der Waals surface area (Å²) in [5.41, 5.74) is 1.99. The first-order valence-electron chi connectivity index (χ1n) is 7.03. The number of carbonyl (C=O) groups excluding carboxylic acids is 1. The van der Waals surface area contributed by atoms with Crippen LogP contribution < -0.4 is 0 Å². The number of nitro groups is 1. The quantitative estimate of drug-likeness (QED) is 0.461. The molecule has 0 aromatic heterocycles. The van der Waals surface area contributed by atoms with Crippen molar-refractivity contribution < 1.29 is 9.72 Å². The Morgan fingerprint density at radius 3 is 2.48 bits per heavy atom. The van der Waals surface area contributed by atoms with E-state index in [1.165, 1.54) is 17.8 Å². The van der Waals surface area contributed by atoms with Crippen LogP contribution in [0.25, 0.3) is 0 Å². The van der Waals surface area contributed by atoms with E-state index in [1.54, 1.807) is 6.07 Å². The molecule has 0 bridgehead atoms. The number of nitrogens with zero attached hydrogens (tertiary/aromatic N) is 2. The van der Waals surface area contributed by atoms with E-state index < -0.39 is 10.8 Å². The zero-order chi connectivity index (χ0) is 17.0. The Morgan fingerprint density at radius 1 is 1.30 bits per heavy atom. The highest BCUT2D eigenvalue weighted by molar-refractivity contribution is 7.99. The van der Waals surface area contributed by atoms with Gasteiger partial charge in [0, 0.05) is 11.0 Å². The van der Waals surface area contributed by atoms with Crippen LogP contribution >= 0.6 is 11.8 Å². The van der Waals surface area contributed by atoms with Gasteiger partial charge in [-0.1, -0.05) is 36.4 Å². The second kappa shape index (κ2) is 7.19. The molecule has 0 spiro atoms. The summed E-state index contributed by atoms with van der Waals surface area (Å²) in [5, 5.41) is 11.4. The van der Waals surface area contributed by atoms with Crippen molar-refractivity contribution in [1.82, 2.24) is 0 Å². The number of rotatable bonds is 5. The SMILES string of the molecule is C=NC(=O)c1cc([N+](=O)[O-])c(Sc2ccc(C)cc2)cc1CC. The zero-order valence-electron chi connectivity index (χ0n) is 12.9. The summed E-state index contributed by atoms with van der Waals surface area (Å²) in [4.78, 5) is 27.5. The number of carbonyl (C=O) groups is 1. The fourth-order valence-corrected chi connectivity index (χ4v) is 3.11. The second-order valence-electron chi connectivity index (χ2n) is 4.97. The third-order valence-electron chi connectivity index (χ3n) is 3.39. The molecule has 0 saturated carbocycles. The monoisotopic (exact) mass is 328 g/mol. The van der Waals surface area contributed by atoms with Gasteiger partial charge in [-0.3, -0.25) is 14.9 Å². The van der Waals surface area contributed by atoms with Crippen LogP contribution in [0.1, 0.15) is 28.4 Å². The Morgan fingerprint density at radius 2 is 1.96 bits per heavy atom. The van der Waals surface area contributed by atoms with Gasteiger partial charge in [0.1, 0.15) is 0 Å². The summed E-state index contributed by atoms with van der Waals surface area (Å²) in [7, 11) is 0. The summed E-state index contributed by atoms with van der Waals surface area (Å²) in [5.74, 6) is -0.545. The number of hydrogen-bond acceptors (Lipinski definition) is 4. The molecule has 0 aliphatic rings. The van der Waals surface area contributed by atoms with Crippen molar-refractivity contribution in [3.63, 3.8) is 0 Å². The van der Waals surface area contributed by atoms with E-state index in [0.29, 0.717) is 11.3 Å². The molecule has 23 heavy (non-hydrogen) atoms. The Hall–Kier alpha value is -2.47. The van der Waals surface area contributed by atoms with Crippen molar-refractivity contribution in [3.05, 3.63) is 63.2 Å². The van der Waals surface area contributed by atoms with Crippen molar-refractivity contribution >= 4 is 30.1 Å². The number of hydrogen-bond donors (Lipinski definition) is 0. The van der Waals surface area contributed by atoms with Gasteiger partial charge in [0.25, 0.3) is 11.6 Å². The average Bonchev–Trinajstić information content (AvgIpc) is 2.55. The first-order chi connectivity index (χ1) is 11.0. The second-order valence-corrected chi connectivity index (χ2v) is 6.08. The number of nitro benzene ring substituents is 1. The third kappa shape index (κ3) is 3.84. The molecule has 0 aliphatic carbocycles. The van der Waals surface area contributed by atoms with E-state index in [1.807, 2.05) is 38.1 Å². The molecule has 0 radical (unpaired) electrons. The molecule has 0 saturated heterocycles. The predicted octanol–water partition coefficient (Wildman–Crippen LogP) is 4.46. The molecule has 2 rings (SSSR count). The fourth-order valence-electron chi connectivity index (χ4n) is 2.14. The Bertz CT molecular complexity index is 770. The third-order valence-corrected chi connectivity index (χ3v) is 4.44. The van der Waals surface area contributed by atoms with Crippen LogP contribution in [0.3, 0.4) is 0 Å². The lowest BCUT2D eigenvalue weighted by Gasteiger charge is -2.09. The Kier molecular flexibility index (Phi) is 5.28. The zero-order valence-corrected chi connectivity index (χ0v) is 13.7. The summed E-state index contributed by atoms with van der Waals surface area (Å²) in [6.07, 6.45) is 0.579. The highest BCUT2D eigenvalue weighted by Gasteiger charge is 2.21. The van der Waals surface area contributed by atoms with Gasteiger partial charge in [-0.25, -0.2) is 4.99 Å². The highest BCUT2D eigenvalue weighted by atomic mass is 32.2. The summed E-state index contributed by atoms with van der Waals surface area (Å²) < 4.78 is 0. The molecule has 0 fully saturated rings. The van der Waals surface area contributed by atoms with Crippen LogP contribution in [0.15, 0.2) is 51.2 Å². The maximum Gasteiger partial charge on any atom is 0.284 e. The number of aryl methyl sites for hydroxylation is 2. The summed E-state index contributed by atoms with van der Waals surface area (Å²) in [6.45, 7) is 7.08. The predicted molar refractivity (Wildman–Crippen MR) is 91.7 cm³/mol. The summed E-state index contributed by atoms with van der Waals surface area (Å²) >= 11 is 1.31. The Balaban J connectivity index is 2.53. The van der Waals surface area contributed by atoms with E-state index in [9.17, 15) is 14.9 Å². The lowest BCUT2D eigenvalue weighted by Crippen LogP contribution is -2.03. The average molecular weight is 328 g/mol. The van der Waals surface area contributed by atoms with Gasteiger partial charge in [0.2, 0.25) is 0 Å². The molecule has 0 atom stereocenters. The van der Waals surface area contributed by atoms with E-state index >= 15 is 0 Å². The van der Waals surface area contributed by atoms with E-state index in [4.69, 9.17) is 0 Å². The van der Waals surface area contributed by atoms with Crippen molar-refractivity contribution in [2.24, 2.45) is 4.99 Å². The molecule has 2 aromatic carbocycles. The lowest BCUT2D eigenvalue weighted by atomic mass is 10.0. The van der Waals surface area contributed by atoms with Crippen LogP contribution in [0.5, 0.6) is 0 Å². The van der Waals surface area contributed by atoms with E-state index in [-0.39, 0.29) is 11.3 Å². The molecular weight excluding hydrogens is 312 g/mol. The van der Waals surface area contributed by atoms with Gasteiger partial charge in [-0.2, -0.15) is 0 Å². The summed E-state index contributed by atoms with van der Waals surface area (Å²) in [6, 6.07) is 10.7. The molecular formula is C17H16N2O3S. The van der Waals surface area contributed by atoms with Gasteiger partial charge in [0.05, 0.1) is 15.4 Å². The van der Waals surface area contributed by atoms with Gasteiger partial charge < -0.3 is 0 Å². The lowest BCUT2D eigenvalue weighted by molar-refractivity contribution is -0.387. The normalized spacial score (nSPS) is 10.3. The highest BCUT2D eigenvalue weighted by Crippen LogP contribution is 2.37. The van der Waals surface area contributed by atoms with Crippen LogP contribution in [-0.2, 0) is 6.42 Å². The fraction of sp³-hybridized carbons (Fsp3) is 0.176. The minimum atomic E-state index is -0.545. The van der Waals surface area contributed by atoms with Crippen LogP contribution in [0.4, 0.5) is 5.69 Å². The Labute approximate surface area is 138 Å². The largest absolute Gasteiger partial charge is 0.284 e. The first kappa shape index (κ1) is 16.9. The minimum Gasteiger partial charge on any atom is -0.267 e. The molecule has 2 aromatic rings. The molecule has 118 valence electrons. The van der Waals surface area contributed by atoms with Crippen LogP contribution in [0, 0.1) is 17.0 Å². The number of amides is 1. The maximum absolute atomic E-state index is 11.8. The minimum absolute atomic E-state index is 0.0974. The van der Waals surface area contributed by atoms with Crippen molar-refractivity contribution in [3.8, 4) is 0 Å². The smallest absolute Gasteiger partial charge is 0.267 e. The van der Waals surface area contributed by atoms with Gasteiger partial charge >= 0.3 is 0 Å². The van der Waals surface area contributed by atoms with E-state index in [0.717, 1.165) is 16.0 Å². The standard InChI is InChI=1S/C17H16N2O3S/c1-4-12-9-16(23-13-7-5-11(2)6-8-13)15(19(21)22)10-14(12)17(20)18-3/h5-10H,3-4H2,1-2H3.